The highest BCUT2D eigenvalue weighted by Crippen LogP contribution is 2.44. The summed E-state index contributed by atoms with van der Waals surface area (Å²) in [7, 11) is 0. The Morgan fingerprint density at radius 3 is 1.39 bits per heavy atom. The van der Waals surface area contributed by atoms with Gasteiger partial charge in [-0.05, 0) is 35.4 Å². The molecule has 0 saturated heterocycles. The lowest BCUT2D eigenvalue weighted by molar-refractivity contribution is -0.496. The average Bonchev–Trinajstić information content (AvgIpc) is 3.55. The molecule has 9 nitrogen and oxygen atoms in total. The van der Waals surface area contributed by atoms with Gasteiger partial charge in [-0.3, -0.25) is 20.2 Å². The third-order valence-corrected chi connectivity index (χ3v) is 5.07. The van der Waals surface area contributed by atoms with Crippen LogP contribution in [-0.2, 0) is 0 Å². The second kappa shape index (κ2) is 6.91. The van der Waals surface area contributed by atoms with Gasteiger partial charge in [-0.25, -0.2) is 4.79 Å². The first-order chi connectivity index (χ1) is 13.4. The number of hydrogen-bond donors (Lipinski definition) is 0. The number of nitrogens with zero attached hydrogens (tertiary/aromatic N) is 2. The van der Waals surface area contributed by atoms with E-state index in [-0.39, 0.29) is 33.2 Å². The second-order valence-corrected chi connectivity index (χ2v) is 6.98. The van der Waals surface area contributed by atoms with Gasteiger partial charge in [0.25, 0.3) is 0 Å². The molecule has 0 radical (unpaired) electrons. The van der Waals surface area contributed by atoms with Crippen molar-refractivity contribution < 1.29 is 24.1 Å². The molecule has 2 saturated carbocycles. The summed E-state index contributed by atoms with van der Waals surface area (Å²) in [6.45, 7) is 0. The second-order valence-electron chi connectivity index (χ2n) is 6.98. The molecule has 0 N–H and O–H groups in total. The van der Waals surface area contributed by atoms with E-state index in [0.717, 1.165) is 11.1 Å². The molecule has 2 aliphatic carbocycles. The van der Waals surface area contributed by atoms with E-state index in [1.807, 2.05) is 0 Å². The normalized spacial score (nSPS) is 24.9. The Morgan fingerprint density at radius 2 is 1.11 bits per heavy atom. The number of benzene rings is 2. The molecule has 0 amide bonds. The Labute approximate surface area is 159 Å². The molecular formula is C19H16N2O7. The molecule has 2 fully saturated rings. The maximum atomic E-state index is 11.9. The number of hydrogen-bond acceptors (Lipinski definition) is 7. The predicted molar refractivity (Wildman–Crippen MR) is 95.8 cm³/mol. The quantitative estimate of drug-likeness (QED) is 0.323. The molecule has 0 spiro atoms. The third-order valence-electron chi connectivity index (χ3n) is 5.07. The van der Waals surface area contributed by atoms with Crippen LogP contribution in [0.1, 0.15) is 35.8 Å². The van der Waals surface area contributed by atoms with Gasteiger partial charge in [0.05, 0.1) is 11.8 Å². The van der Waals surface area contributed by atoms with Gasteiger partial charge in [0.15, 0.2) is 0 Å². The van der Waals surface area contributed by atoms with E-state index < -0.39 is 18.2 Å². The molecule has 4 atom stereocenters. The first kappa shape index (κ1) is 17.9. The summed E-state index contributed by atoms with van der Waals surface area (Å²) in [6.07, 6.45) is 0.132. The fourth-order valence-corrected chi connectivity index (χ4v) is 3.33. The van der Waals surface area contributed by atoms with Crippen LogP contribution in [0.3, 0.4) is 0 Å². The lowest BCUT2D eigenvalue weighted by atomic mass is 10.1. The largest absolute Gasteiger partial charge is 0.519 e. The van der Waals surface area contributed by atoms with Crippen molar-refractivity contribution in [2.24, 2.45) is 0 Å². The van der Waals surface area contributed by atoms with Crippen LogP contribution in [-0.4, -0.2) is 28.1 Å². The minimum atomic E-state index is -0.912. The van der Waals surface area contributed by atoms with E-state index in [1.165, 1.54) is 0 Å². The smallest absolute Gasteiger partial charge is 0.395 e. The molecule has 0 bridgehead atoms. The molecule has 0 heterocycles. The molecular weight excluding hydrogens is 368 g/mol. The highest BCUT2D eigenvalue weighted by atomic mass is 16.7. The number of carbonyl (C=O) groups excluding carboxylic acids is 1. The summed E-state index contributed by atoms with van der Waals surface area (Å²) in [5, 5.41) is 21.5. The van der Waals surface area contributed by atoms with E-state index >= 15 is 0 Å². The van der Waals surface area contributed by atoms with Crippen LogP contribution in [0.4, 0.5) is 4.79 Å². The fourth-order valence-electron chi connectivity index (χ4n) is 3.33. The van der Waals surface area contributed by atoms with Gasteiger partial charge >= 0.3 is 6.16 Å². The molecule has 9 heteroatoms. The summed E-state index contributed by atoms with van der Waals surface area (Å²) in [4.78, 5) is 32.8. The van der Waals surface area contributed by atoms with Crippen molar-refractivity contribution >= 4 is 6.16 Å². The van der Waals surface area contributed by atoms with Crippen LogP contribution in [0.15, 0.2) is 48.5 Å². The molecule has 0 aromatic heterocycles. The van der Waals surface area contributed by atoms with Gasteiger partial charge in [-0.15, -0.1) is 0 Å². The van der Waals surface area contributed by atoms with Crippen molar-refractivity contribution in [2.75, 3.05) is 0 Å². The number of carbonyl (C=O) groups is 1. The summed E-state index contributed by atoms with van der Waals surface area (Å²) >= 11 is 0. The van der Waals surface area contributed by atoms with E-state index in [4.69, 9.17) is 9.47 Å². The SMILES string of the molecule is O=C(Oc1ccc(C2CC2[N+](=O)[O-])cc1)Oc1ccc(C2CC2[N+](=O)[O-])cc1. The molecule has 2 aliphatic rings. The summed E-state index contributed by atoms with van der Waals surface area (Å²) in [6, 6.07) is 12.0. The number of nitro groups is 2. The molecule has 4 unspecified atom stereocenters. The van der Waals surface area contributed by atoms with E-state index in [0.29, 0.717) is 12.8 Å². The van der Waals surface area contributed by atoms with Crippen LogP contribution in [0.5, 0.6) is 11.5 Å². The van der Waals surface area contributed by atoms with Crippen molar-refractivity contribution in [1.29, 1.82) is 0 Å². The van der Waals surface area contributed by atoms with Crippen LogP contribution in [0, 0.1) is 20.2 Å². The maximum Gasteiger partial charge on any atom is 0.519 e. The lowest BCUT2D eigenvalue weighted by Crippen LogP contribution is -2.13. The minimum Gasteiger partial charge on any atom is -0.395 e. The van der Waals surface area contributed by atoms with Crippen LogP contribution < -0.4 is 9.47 Å². The zero-order valence-electron chi connectivity index (χ0n) is 14.6. The van der Waals surface area contributed by atoms with E-state index in [2.05, 4.69) is 0 Å². The summed E-state index contributed by atoms with van der Waals surface area (Å²) < 4.78 is 10.2. The average molecular weight is 384 g/mol. The van der Waals surface area contributed by atoms with Crippen LogP contribution in [0.25, 0.3) is 0 Å². The van der Waals surface area contributed by atoms with Crippen molar-refractivity contribution in [3.63, 3.8) is 0 Å². The van der Waals surface area contributed by atoms with Gasteiger partial charge in [0, 0.05) is 22.7 Å². The van der Waals surface area contributed by atoms with Crippen LogP contribution in [0.2, 0.25) is 0 Å². The van der Waals surface area contributed by atoms with Gasteiger partial charge in [0.2, 0.25) is 12.1 Å². The van der Waals surface area contributed by atoms with Crippen molar-refractivity contribution in [3.8, 4) is 11.5 Å². The van der Waals surface area contributed by atoms with Gasteiger partial charge < -0.3 is 9.47 Å². The third kappa shape index (κ3) is 3.78. The highest BCUT2D eigenvalue weighted by Gasteiger charge is 2.49. The topological polar surface area (TPSA) is 122 Å². The maximum absolute atomic E-state index is 11.9. The molecule has 2 aromatic carbocycles. The Kier molecular flexibility index (Phi) is 4.42. The summed E-state index contributed by atoms with van der Waals surface area (Å²) in [5.74, 6) is 0.373. The van der Waals surface area contributed by atoms with Gasteiger partial charge in [0.1, 0.15) is 11.5 Å². The molecule has 0 aliphatic heterocycles. The van der Waals surface area contributed by atoms with Crippen molar-refractivity contribution in [1.82, 2.24) is 0 Å². The predicted octanol–water partition coefficient (Wildman–Crippen LogP) is 3.53. The van der Waals surface area contributed by atoms with E-state index in [9.17, 15) is 25.0 Å². The Hall–Kier alpha value is -3.49. The van der Waals surface area contributed by atoms with E-state index in [1.54, 1.807) is 48.5 Å². The Balaban J connectivity index is 1.30. The first-order valence-corrected chi connectivity index (χ1v) is 8.79. The minimum absolute atomic E-state index is 0.0871. The highest BCUT2D eigenvalue weighted by molar-refractivity contribution is 5.67. The molecule has 4 rings (SSSR count). The Morgan fingerprint density at radius 1 is 0.750 bits per heavy atom. The standard InChI is InChI=1S/C19H16N2O7/c22-19(27-13-5-1-11(2-6-13)15-9-17(15)20(23)24)28-14-7-3-12(4-8-14)16-10-18(16)21(25)26/h1-8,15-18H,9-10H2. The molecule has 2 aromatic rings. The monoisotopic (exact) mass is 384 g/mol. The Bertz CT molecular complexity index is 851. The zero-order chi connectivity index (χ0) is 19.8. The van der Waals surface area contributed by atoms with Crippen LogP contribution >= 0.6 is 0 Å². The number of ether oxygens (including phenoxy) is 2. The van der Waals surface area contributed by atoms with Crippen molar-refractivity contribution in [2.45, 2.75) is 36.8 Å². The van der Waals surface area contributed by atoms with Gasteiger partial charge in [-0.2, -0.15) is 0 Å². The molecule has 144 valence electrons. The summed E-state index contributed by atoms with van der Waals surface area (Å²) in [5.41, 5.74) is 1.68. The van der Waals surface area contributed by atoms with Crippen molar-refractivity contribution in [3.05, 3.63) is 79.9 Å². The lowest BCUT2D eigenvalue weighted by Gasteiger charge is -2.07. The zero-order valence-corrected chi connectivity index (χ0v) is 14.6. The first-order valence-electron chi connectivity index (χ1n) is 8.79. The number of rotatable bonds is 6. The fraction of sp³-hybridized carbons (Fsp3) is 0.316. The molecule has 28 heavy (non-hydrogen) atoms. The van der Waals surface area contributed by atoms with Gasteiger partial charge in [-0.1, -0.05) is 24.3 Å².